The highest BCUT2D eigenvalue weighted by Gasteiger charge is 2.20. The first-order valence-electron chi connectivity index (χ1n) is 10.6. The van der Waals surface area contributed by atoms with Crippen molar-refractivity contribution >= 4 is 10.1 Å². The van der Waals surface area contributed by atoms with Gasteiger partial charge in [0.15, 0.2) is 0 Å². The van der Waals surface area contributed by atoms with Crippen molar-refractivity contribution in [3.05, 3.63) is 29.8 Å². The molecule has 0 aliphatic carbocycles. The monoisotopic (exact) mass is 382 g/mol. The van der Waals surface area contributed by atoms with E-state index in [4.69, 9.17) is 0 Å². The molecular formula is C22H38O3S. The summed E-state index contributed by atoms with van der Waals surface area (Å²) in [6.45, 7) is 4.38. The molecule has 0 spiro atoms. The SMILES string of the molecule is CCCCCCCCCCCCC(CCC)c1ccccc1S(=O)(=O)O. The van der Waals surface area contributed by atoms with Crippen molar-refractivity contribution in [2.24, 2.45) is 0 Å². The topological polar surface area (TPSA) is 54.4 Å². The minimum absolute atomic E-state index is 0.0885. The molecule has 0 amide bonds. The van der Waals surface area contributed by atoms with E-state index < -0.39 is 10.1 Å². The Balaban J connectivity index is 2.39. The van der Waals surface area contributed by atoms with E-state index in [-0.39, 0.29) is 10.8 Å². The Labute approximate surface area is 161 Å². The van der Waals surface area contributed by atoms with Crippen LogP contribution in [0.4, 0.5) is 0 Å². The fourth-order valence-corrected chi connectivity index (χ4v) is 4.52. The standard InChI is InChI=1S/C22H38O3S/c1-3-5-6-7-8-9-10-11-12-13-17-20(16-4-2)21-18-14-15-19-22(21)26(23,24)25/h14-15,18-20H,3-13,16-17H2,1-2H3,(H,23,24,25). The van der Waals surface area contributed by atoms with Gasteiger partial charge in [-0.3, -0.25) is 4.55 Å². The third-order valence-electron chi connectivity index (χ3n) is 5.18. The zero-order chi connectivity index (χ0) is 19.3. The summed E-state index contributed by atoms with van der Waals surface area (Å²) in [5.74, 6) is 0.215. The van der Waals surface area contributed by atoms with Gasteiger partial charge in [0, 0.05) is 0 Å². The average molecular weight is 383 g/mol. The normalized spacial score (nSPS) is 13.0. The third-order valence-corrected chi connectivity index (χ3v) is 6.11. The second-order valence-electron chi connectivity index (χ2n) is 7.47. The first-order chi connectivity index (χ1) is 12.5. The predicted molar refractivity (Wildman–Crippen MR) is 110 cm³/mol. The molecule has 0 saturated heterocycles. The van der Waals surface area contributed by atoms with Crippen LogP contribution in [0, 0.1) is 0 Å². The number of hydrogen-bond donors (Lipinski definition) is 1. The van der Waals surface area contributed by atoms with E-state index >= 15 is 0 Å². The molecule has 0 bridgehead atoms. The van der Waals surface area contributed by atoms with Gasteiger partial charge in [-0.25, -0.2) is 0 Å². The quantitative estimate of drug-likeness (QED) is 0.259. The van der Waals surface area contributed by atoms with Gasteiger partial charge in [-0.15, -0.1) is 0 Å². The van der Waals surface area contributed by atoms with Crippen LogP contribution < -0.4 is 0 Å². The van der Waals surface area contributed by atoms with Crippen molar-refractivity contribution in [1.29, 1.82) is 0 Å². The number of rotatable bonds is 15. The summed E-state index contributed by atoms with van der Waals surface area (Å²) >= 11 is 0. The Hall–Kier alpha value is -0.870. The van der Waals surface area contributed by atoms with Crippen LogP contribution in [-0.2, 0) is 10.1 Å². The Kier molecular flexibility index (Phi) is 11.9. The lowest BCUT2D eigenvalue weighted by Crippen LogP contribution is -2.08. The van der Waals surface area contributed by atoms with E-state index in [1.165, 1.54) is 63.9 Å². The maximum atomic E-state index is 11.7. The highest BCUT2D eigenvalue weighted by Crippen LogP contribution is 2.32. The minimum atomic E-state index is -4.15. The molecule has 3 nitrogen and oxygen atoms in total. The van der Waals surface area contributed by atoms with Crippen molar-refractivity contribution < 1.29 is 13.0 Å². The van der Waals surface area contributed by atoms with Crippen LogP contribution in [0.2, 0.25) is 0 Å². The van der Waals surface area contributed by atoms with Gasteiger partial charge in [-0.1, -0.05) is 103 Å². The number of unbranched alkanes of at least 4 members (excludes halogenated alkanes) is 9. The predicted octanol–water partition coefficient (Wildman–Crippen LogP) is 7.13. The summed E-state index contributed by atoms with van der Waals surface area (Å²) in [5.41, 5.74) is 0.785. The summed E-state index contributed by atoms with van der Waals surface area (Å²) in [5, 5.41) is 0. The molecule has 0 aliphatic heterocycles. The maximum absolute atomic E-state index is 11.7. The highest BCUT2D eigenvalue weighted by atomic mass is 32.2. The molecule has 26 heavy (non-hydrogen) atoms. The van der Waals surface area contributed by atoms with Crippen LogP contribution in [0.25, 0.3) is 0 Å². The number of hydrogen-bond acceptors (Lipinski definition) is 2. The van der Waals surface area contributed by atoms with Gasteiger partial charge in [0.2, 0.25) is 0 Å². The molecule has 1 aromatic rings. The van der Waals surface area contributed by atoms with E-state index in [0.29, 0.717) is 0 Å². The van der Waals surface area contributed by atoms with Crippen LogP contribution in [0.5, 0.6) is 0 Å². The van der Waals surface area contributed by atoms with Crippen LogP contribution in [-0.4, -0.2) is 13.0 Å². The van der Waals surface area contributed by atoms with Gasteiger partial charge >= 0.3 is 0 Å². The summed E-state index contributed by atoms with van der Waals surface area (Å²) in [6, 6.07) is 6.92. The Morgan fingerprint density at radius 3 is 1.85 bits per heavy atom. The first kappa shape index (κ1) is 23.2. The smallest absolute Gasteiger partial charge is 0.282 e. The van der Waals surface area contributed by atoms with E-state index in [2.05, 4.69) is 13.8 Å². The Bertz CT molecular complexity index is 581. The largest absolute Gasteiger partial charge is 0.294 e. The van der Waals surface area contributed by atoms with E-state index in [1.807, 2.05) is 12.1 Å². The van der Waals surface area contributed by atoms with Gasteiger partial charge in [-0.2, -0.15) is 8.42 Å². The van der Waals surface area contributed by atoms with Crippen LogP contribution in [0.1, 0.15) is 109 Å². The van der Waals surface area contributed by atoms with Crippen molar-refractivity contribution in [2.45, 2.75) is 108 Å². The van der Waals surface area contributed by atoms with Crippen molar-refractivity contribution in [1.82, 2.24) is 0 Å². The molecule has 1 atom stereocenters. The van der Waals surface area contributed by atoms with E-state index in [1.54, 1.807) is 6.07 Å². The molecule has 0 aliphatic rings. The van der Waals surface area contributed by atoms with Gasteiger partial charge < -0.3 is 0 Å². The molecule has 0 aromatic heterocycles. The van der Waals surface area contributed by atoms with Gasteiger partial charge in [0.05, 0.1) is 4.90 Å². The molecule has 150 valence electrons. The third kappa shape index (κ3) is 9.18. The molecule has 1 aromatic carbocycles. The second-order valence-corrected chi connectivity index (χ2v) is 8.86. The molecule has 0 radical (unpaired) electrons. The van der Waals surface area contributed by atoms with Crippen LogP contribution >= 0.6 is 0 Å². The zero-order valence-corrected chi connectivity index (χ0v) is 17.6. The van der Waals surface area contributed by atoms with Crippen molar-refractivity contribution in [3.8, 4) is 0 Å². The molecule has 1 N–H and O–H groups in total. The Morgan fingerprint density at radius 2 is 1.31 bits per heavy atom. The second kappa shape index (κ2) is 13.3. The van der Waals surface area contributed by atoms with Crippen molar-refractivity contribution in [3.63, 3.8) is 0 Å². The van der Waals surface area contributed by atoms with E-state index in [9.17, 15) is 13.0 Å². The zero-order valence-electron chi connectivity index (χ0n) is 16.8. The molecule has 0 fully saturated rings. The van der Waals surface area contributed by atoms with Crippen LogP contribution in [0.15, 0.2) is 29.2 Å². The number of benzene rings is 1. The van der Waals surface area contributed by atoms with Crippen LogP contribution in [0.3, 0.4) is 0 Å². The lowest BCUT2D eigenvalue weighted by Gasteiger charge is -2.19. The molecule has 0 heterocycles. The lowest BCUT2D eigenvalue weighted by atomic mass is 9.89. The van der Waals surface area contributed by atoms with E-state index in [0.717, 1.165) is 31.2 Å². The fourth-order valence-electron chi connectivity index (χ4n) is 3.73. The molecule has 0 saturated carbocycles. The average Bonchev–Trinajstić information content (AvgIpc) is 2.61. The summed E-state index contributed by atoms with van der Waals surface area (Å²) in [6.07, 6.45) is 16.0. The van der Waals surface area contributed by atoms with Gasteiger partial charge in [0.1, 0.15) is 0 Å². The fraction of sp³-hybridized carbons (Fsp3) is 0.727. The summed E-state index contributed by atoms with van der Waals surface area (Å²) in [7, 11) is -4.15. The summed E-state index contributed by atoms with van der Waals surface area (Å²) in [4.78, 5) is 0.0885. The minimum Gasteiger partial charge on any atom is -0.282 e. The van der Waals surface area contributed by atoms with Gasteiger partial charge in [0.25, 0.3) is 10.1 Å². The molecule has 1 rings (SSSR count). The highest BCUT2D eigenvalue weighted by molar-refractivity contribution is 7.85. The lowest BCUT2D eigenvalue weighted by molar-refractivity contribution is 0.473. The maximum Gasteiger partial charge on any atom is 0.294 e. The Morgan fingerprint density at radius 1 is 0.769 bits per heavy atom. The molecular weight excluding hydrogens is 344 g/mol. The summed E-state index contributed by atoms with van der Waals surface area (Å²) < 4.78 is 32.8. The molecule has 4 heteroatoms. The van der Waals surface area contributed by atoms with Crippen molar-refractivity contribution in [2.75, 3.05) is 0 Å². The first-order valence-corrected chi connectivity index (χ1v) is 12.0. The molecule has 1 unspecified atom stereocenters. The van der Waals surface area contributed by atoms with Gasteiger partial charge in [-0.05, 0) is 30.4 Å².